The van der Waals surface area contributed by atoms with Crippen LogP contribution in [0.3, 0.4) is 0 Å². The van der Waals surface area contributed by atoms with E-state index in [2.05, 4.69) is 60.6 Å². The highest BCUT2D eigenvalue weighted by Crippen LogP contribution is 3.05. The molecule has 0 radical (unpaired) electrons. The number of hydrogen-bond acceptors (Lipinski definition) is 2. The Balaban J connectivity index is 0.763. The molecule has 65 heavy (non-hydrogen) atoms. The van der Waals surface area contributed by atoms with Crippen LogP contribution in [-0.4, -0.2) is 12.6 Å². The third kappa shape index (κ3) is 3.67. The Labute approximate surface area is 390 Å². The summed E-state index contributed by atoms with van der Waals surface area (Å²) in [6.45, 7) is 2.94. The largest absolute Gasteiger partial charge is 0.466 e. The molecule has 0 heterocycles. The first-order chi connectivity index (χ1) is 32.2. The maximum absolute atomic E-state index is 13.9. The Morgan fingerprint density at radius 2 is 0.954 bits per heavy atom. The molecule has 0 aliphatic heterocycles. The molecule has 0 N–H and O–H groups in total. The number of rotatable bonds is 16. The van der Waals surface area contributed by atoms with Crippen LogP contribution in [0, 0.1) is 153 Å². The number of benzene rings is 1. The van der Waals surface area contributed by atoms with Gasteiger partial charge in [-0.3, -0.25) is 4.79 Å². The van der Waals surface area contributed by atoms with Crippen molar-refractivity contribution in [3.8, 4) is 0 Å². The van der Waals surface area contributed by atoms with Crippen LogP contribution in [0.5, 0.6) is 0 Å². The summed E-state index contributed by atoms with van der Waals surface area (Å²) in [7, 11) is 0. The zero-order valence-electron chi connectivity index (χ0n) is 39.8. The number of allylic oxidation sites excluding steroid dienone is 6. The summed E-state index contributed by atoms with van der Waals surface area (Å²) in [5.74, 6) is 25.0. The van der Waals surface area contributed by atoms with E-state index in [1.165, 1.54) is 89.9 Å². The molecule has 17 aliphatic rings. The van der Waals surface area contributed by atoms with Crippen molar-refractivity contribution in [2.75, 3.05) is 6.61 Å². The number of fused-ring (bicyclic) bond motifs is 3. The molecule has 2 nitrogen and oxygen atoms in total. The second-order valence-corrected chi connectivity index (χ2v) is 27.8. The highest BCUT2D eigenvalue weighted by Gasteiger charge is 3.02. The van der Waals surface area contributed by atoms with E-state index in [0.29, 0.717) is 13.0 Å². The van der Waals surface area contributed by atoms with Gasteiger partial charge in [0.2, 0.25) is 0 Å². The number of hydrogen-bond donors (Lipinski definition) is 0. The van der Waals surface area contributed by atoms with Crippen molar-refractivity contribution in [3.05, 3.63) is 70.3 Å². The lowest BCUT2D eigenvalue weighted by Crippen LogP contribution is -2.58. The summed E-state index contributed by atoms with van der Waals surface area (Å²) in [5, 5.41) is 0. The number of carbonyl (C=O) groups is 1. The first kappa shape index (κ1) is 37.8. The highest BCUT2D eigenvalue weighted by molar-refractivity contribution is 5.76. The monoisotopic (exact) mass is 867 g/mol. The molecule has 0 saturated heterocycles. The van der Waals surface area contributed by atoms with Gasteiger partial charge in [-0.25, -0.2) is 0 Å². The predicted octanol–water partition coefficient (Wildman–Crippen LogP) is 13.8. The first-order valence-electron chi connectivity index (χ1n) is 29.6. The summed E-state index contributed by atoms with van der Waals surface area (Å²) >= 11 is 0. The minimum absolute atomic E-state index is 0.100. The van der Waals surface area contributed by atoms with E-state index in [4.69, 9.17) is 4.74 Å². The molecule has 14 fully saturated rings. The molecule has 0 amide bonds. The molecule has 0 bridgehead atoms. The normalized spacial score (nSPS) is 58.4. The van der Waals surface area contributed by atoms with Crippen molar-refractivity contribution in [1.82, 2.24) is 0 Å². The van der Waals surface area contributed by atoms with Crippen LogP contribution >= 0.6 is 0 Å². The maximum atomic E-state index is 13.9. The van der Waals surface area contributed by atoms with Gasteiger partial charge in [-0.05, 0) is 229 Å². The third-order valence-electron chi connectivity index (χ3n) is 27.9. The molecule has 27 atom stereocenters. The predicted molar refractivity (Wildman–Crippen MR) is 254 cm³/mol. The fraction of sp³-hybridized carbons (Fsp3) is 0.794. The number of unbranched alkanes of at least 4 members (excludes halogenated alkanes) is 9. The Kier molecular flexibility index (Phi) is 7.22. The number of esters is 1. The van der Waals surface area contributed by atoms with Crippen LogP contribution < -0.4 is 0 Å². The van der Waals surface area contributed by atoms with Gasteiger partial charge in [0.25, 0.3) is 0 Å². The zero-order chi connectivity index (χ0) is 42.0. The van der Waals surface area contributed by atoms with E-state index in [0.717, 1.165) is 155 Å². The average Bonchev–Trinajstić information content (AvgIpc) is 3.99. The molecule has 1 aromatic carbocycles. The molecular weight excluding hydrogens is 789 g/mol. The zero-order valence-corrected chi connectivity index (χ0v) is 39.8. The van der Waals surface area contributed by atoms with Crippen molar-refractivity contribution in [2.45, 2.75) is 147 Å². The summed E-state index contributed by atoms with van der Waals surface area (Å²) in [6, 6.07) is 12.5. The van der Waals surface area contributed by atoms with Crippen LogP contribution in [0.15, 0.2) is 64.8 Å². The van der Waals surface area contributed by atoms with E-state index in [-0.39, 0.29) is 22.2 Å². The van der Waals surface area contributed by atoms with Gasteiger partial charge in [-0.1, -0.05) is 118 Å². The van der Waals surface area contributed by atoms with Gasteiger partial charge < -0.3 is 4.74 Å². The van der Waals surface area contributed by atoms with Crippen LogP contribution in [0.1, 0.15) is 147 Å². The number of ether oxygens (including phenoxy) is 1. The summed E-state index contributed by atoms with van der Waals surface area (Å²) < 4.78 is 6.16. The van der Waals surface area contributed by atoms with E-state index in [1.807, 2.05) is 11.1 Å². The first-order valence-corrected chi connectivity index (χ1v) is 29.6. The van der Waals surface area contributed by atoms with Gasteiger partial charge in [-0.2, -0.15) is 0 Å². The quantitative estimate of drug-likeness (QED) is 0.122. The lowest BCUT2D eigenvalue weighted by atomic mass is 9.42. The second-order valence-electron chi connectivity index (χ2n) is 27.8. The molecule has 2 heteroatoms. The summed E-state index contributed by atoms with van der Waals surface area (Å²) in [4.78, 5) is 13.9. The van der Waals surface area contributed by atoms with Crippen LogP contribution in [0.4, 0.5) is 0 Å². The highest BCUT2D eigenvalue weighted by atomic mass is 16.5. The van der Waals surface area contributed by atoms with Crippen molar-refractivity contribution in [2.24, 2.45) is 153 Å². The smallest absolute Gasteiger partial charge is 0.305 e. The molecule has 17 aliphatic carbocycles. The Hall–Kier alpha value is -2.09. The molecule has 14 saturated carbocycles. The van der Waals surface area contributed by atoms with Gasteiger partial charge in [0.1, 0.15) is 0 Å². The van der Waals surface area contributed by atoms with Gasteiger partial charge in [0.15, 0.2) is 0 Å². The standard InChI is InChI=1S/C63H78O2/c1-2-3-4-5-6-7-8-9-10-14-30-65-42(64)18-15-29-61(31-16-12-11-13-17-31)62-40-27-28-41-39-26-24-37-35-22-20-33-32-19-21-34-36-23-25-38(40)49-47(36)52-45(34)43(32)51-44(33)46(35)53-48(37)50(39)60(63(41,61)62)58-56(53)54(51)55(52)57(58)59(49)62/h11-13,16-17,27-28,32-37,43-60H,2-10,14-15,18-26,29-30H2,1H3/t32?,33?,34?,35?,36?,37?,43?,44?,45?,46?,47?,48?,49?,50?,51?,52?,53?,54?,55?,56?,57?,58?,59?,60?,61?,62-,63+. The van der Waals surface area contributed by atoms with E-state index >= 15 is 0 Å². The summed E-state index contributed by atoms with van der Waals surface area (Å²) in [6.07, 6.45) is 34.3. The second kappa shape index (κ2) is 12.4. The molecule has 1 aromatic rings. The van der Waals surface area contributed by atoms with Gasteiger partial charge in [-0.15, -0.1) is 0 Å². The van der Waals surface area contributed by atoms with Crippen LogP contribution in [0.25, 0.3) is 0 Å². The third-order valence-corrected chi connectivity index (χ3v) is 27.9. The molecule has 342 valence electrons. The van der Waals surface area contributed by atoms with E-state index in [1.54, 1.807) is 31.2 Å². The lowest BCUT2D eigenvalue weighted by Gasteiger charge is -2.61. The average molecular weight is 867 g/mol. The minimum Gasteiger partial charge on any atom is -0.466 e. The van der Waals surface area contributed by atoms with Crippen molar-refractivity contribution in [1.29, 1.82) is 0 Å². The fourth-order valence-electron chi connectivity index (χ4n) is 28.7. The minimum atomic E-state index is 0.100. The SMILES string of the molecule is CCCCCCCCCCCCOC(=O)CCCC1(c2ccccc2)[C@@]23C4=C5CCC6C7CCC8C9CCC%10C%11CCC%12=C(C=C4)[C@@]12C1C%12C%11C2C%10C9C4C8C7C7C6C5C3C3C7C4C2C31. The van der Waals surface area contributed by atoms with Crippen molar-refractivity contribution in [3.63, 3.8) is 0 Å². The van der Waals surface area contributed by atoms with E-state index < -0.39 is 0 Å². The summed E-state index contributed by atoms with van der Waals surface area (Å²) in [5.41, 5.74) is 10.4. The Morgan fingerprint density at radius 3 is 1.48 bits per heavy atom. The molecule has 25 unspecified atom stereocenters. The van der Waals surface area contributed by atoms with Gasteiger partial charge >= 0.3 is 5.97 Å². The molecule has 18 rings (SSSR count). The fourth-order valence-corrected chi connectivity index (χ4v) is 28.7. The Bertz CT molecular complexity index is 2270. The van der Waals surface area contributed by atoms with Gasteiger partial charge in [0.05, 0.1) is 6.61 Å². The van der Waals surface area contributed by atoms with Crippen LogP contribution in [-0.2, 0) is 14.9 Å². The maximum Gasteiger partial charge on any atom is 0.305 e. The lowest BCUT2D eigenvalue weighted by molar-refractivity contribution is -0.144. The molecule has 0 aromatic heterocycles. The topological polar surface area (TPSA) is 26.3 Å². The Morgan fingerprint density at radius 1 is 0.508 bits per heavy atom. The number of carbonyl (C=O) groups excluding carboxylic acids is 1. The van der Waals surface area contributed by atoms with Crippen molar-refractivity contribution >= 4 is 5.97 Å². The molecule has 2 spiro atoms. The molecular formula is C63H78O2. The van der Waals surface area contributed by atoms with Crippen molar-refractivity contribution < 1.29 is 9.53 Å². The van der Waals surface area contributed by atoms with Crippen LogP contribution in [0.2, 0.25) is 0 Å². The van der Waals surface area contributed by atoms with E-state index in [9.17, 15) is 4.79 Å². The van der Waals surface area contributed by atoms with Gasteiger partial charge in [0, 0.05) is 22.7 Å².